The maximum atomic E-state index is 12.6. The van der Waals surface area contributed by atoms with Crippen molar-refractivity contribution in [3.63, 3.8) is 0 Å². The van der Waals surface area contributed by atoms with Crippen LogP contribution < -0.4 is 5.32 Å². The predicted octanol–water partition coefficient (Wildman–Crippen LogP) is 4.18. The normalized spacial score (nSPS) is 14.2. The first kappa shape index (κ1) is 17.2. The van der Waals surface area contributed by atoms with Gasteiger partial charge in [0.1, 0.15) is 0 Å². The Morgan fingerprint density at radius 2 is 1.60 bits per heavy atom. The lowest BCUT2D eigenvalue weighted by atomic mass is 10.1. The second-order valence-corrected chi connectivity index (χ2v) is 6.69. The van der Waals surface area contributed by atoms with E-state index in [0.717, 1.165) is 37.2 Å². The van der Waals surface area contributed by atoms with Crippen LogP contribution >= 0.6 is 0 Å². The molecule has 0 radical (unpaired) electrons. The van der Waals surface area contributed by atoms with Gasteiger partial charge in [-0.3, -0.25) is 9.59 Å². The quantitative estimate of drug-likeness (QED) is 0.914. The summed E-state index contributed by atoms with van der Waals surface area (Å²) in [5, 5.41) is 2.91. The Labute approximate surface area is 148 Å². The summed E-state index contributed by atoms with van der Waals surface area (Å²) in [6, 6.07) is 12.8. The minimum Gasteiger partial charge on any atom is -0.339 e. The molecule has 1 saturated heterocycles. The first-order valence-electron chi connectivity index (χ1n) is 8.82. The number of hydrogen-bond acceptors (Lipinski definition) is 2. The van der Waals surface area contributed by atoms with Gasteiger partial charge < -0.3 is 10.2 Å². The Bertz CT molecular complexity index is 792. The van der Waals surface area contributed by atoms with Crippen molar-refractivity contribution < 1.29 is 9.59 Å². The van der Waals surface area contributed by atoms with Gasteiger partial charge in [-0.1, -0.05) is 12.1 Å². The highest BCUT2D eigenvalue weighted by Crippen LogP contribution is 2.17. The zero-order valence-corrected chi connectivity index (χ0v) is 14.8. The molecule has 0 spiro atoms. The van der Waals surface area contributed by atoms with Crippen molar-refractivity contribution in [2.45, 2.75) is 33.1 Å². The number of benzene rings is 2. The molecule has 4 nitrogen and oxygen atoms in total. The second kappa shape index (κ2) is 7.51. The van der Waals surface area contributed by atoms with Crippen LogP contribution in [0, 0.1) is 13.8 Å². The van der Waals surface area contributed by atoms with Crippen molar-refractivity contribution >= 4 is 17.5 Å². The predicted molar refractivity (Wildman–Crippen MR) is 100 cm³/mol. The molecule has 4 heteroatoms. The lowest BCUT2D eigenvalue weighted by molar-refractivity contribution is 0.0724. The van der Waals surface area contributed by atoms with Crippen LogP contribution in [0.15, 0.2) is 42.5 Å². The van der Waals surface area contributed by atoms with Crippen LogP contribution in [-0.2, 0) is 0 Å². The Morgan fingerprint density at radius 3 is 2.32 bits per heavy atom. The van der Waals surface area contributed by atoms with E-state index >= 15 is 0 Å². The van der Waals surface area contributed by atoms with Gasteiger partial charge in [-0.2, -0.15) is 0 Å². The first-order chi connectivity index (χ1) is 12.0. The molecule has 0 aliphatic carbocycles. The number of carbonyl (C=O) groups excluding carboxylic acids is 2. The van der Waals surface area contributed by atoms with Gasteiger partial charge in [-0.05, 0) is 74.6 Å². The third-order valence-corrected chi connectivity index (χ3v) is 4.78. The summed E-state index contributed by atoms with van der Waals surface area (Å²) in [6.45, 7) is 5.66. The molecule has 1 heterocycles. The highest BCUT2D eigenvalue weighted by molar-refractivity contribution is 6.06. The number of carbonyl (C=O) groups is 2. The SMILES string of the molecule is Cc1ccc(NC(=O)c2cccc(C(=O)N3CCCCC3)c2)cc1C. The molecule has 0 aromatic heterocycles. The molecular formula is C21H24N2O2. The summed E-state index contributed by atoms with van der Waals surface area (Å²) in [4.78, 5) is 27.0. The topological polar surface area (TPSA) is 49.4 Å². The molecule has 0 unspecified atom stereocenters. The van der Waals surface area contributed by atoms with Crippen LogP contribution in [0.3, 0.4) is 0 Å². The maximum Gasteiger partial charge on any atom is 0.255 e. The molecule has 2 aromatic carbocycles. The zero-order chi connectivity index (χ0) is 17.8. The van der Waals surface area contributed by atoms with Crippen molar-refractivity contribution in [1.82, 2.24) is 4.90 Å². The largest absolute Gasteiger partial charge is 0.339 e. The summed E-state index contributed by atoms with van der Waals surface area (Å²) < 4.78 is 0. The fourth-order valence-electron chi connectivity index (χ4n) is 3.10. The van der Waals surface area contributed by atoms with Gasteiger partial charge in [0.15, 0.2) is 0 Å². The van der Waals surface area contributed by atoms with Gasteiger partial charge in [0, 0.05) is 29.9 Å². The molecule has 0 saturated carbocycles. The molecule has 0 bridgehead atoms. The second-order valence-electron chi connectivity index (χ2n) is 6.69. The number of nitrogens with one attached hydrogen (secondary N) is 1. The van der Waals surface area contributed by atoms with E-state index < -0.39 is 0 Å². The molecule has 3 rings (SSSR count). The molecule has 2 aromatic rings. The van der Waals surface area contributed by atoms with Gasteiger partial charge in [-0.25, -0.2) is 0 Å². The van der Waals surface area contributed by atoms with Crippen molar-refractivity contribution in [2.75, 3.05) is 18.4 Å². The Balaban J connectivity index is 1.74. The van der Waals surface area contributed by atoms with E-state index in [-0.39, 0.29) is 11.8 Å². The van der Waals surface area contributed by atoms with Crippen LogP contribution in [0.25, 0.3) is 0 Å². The average Bonchev–Trinajstić information content (AvgIpc) is 2.65. The van der Waals surface area contributed by atoms with Crippen LogP contribution in [0.1, 0.15) is 51.1 Å². The van der Waals surface area contributed by atoms with E-state index in [9.17, 15) is 9.59 Å². The summed E-state index contributed by atoms with van der Waals surface area (Å²) in [6.07, 6.45) is 3.29. The van der Waals surface area contributed by atoms with Gasteiger partial charge in [0.2, 0.25) is 0 Å². The van der Waals surface area contributed by atoms with Crippen molar-refractivity contribution in [2.24, 2.45) is 0 Å². The van der Waals surface area contributed by atoms with E-state index in [1.54, 1.807) is 24.3 Å². The molecule has 1 aliphatic heterocycles. The molecular weight excluding hydrogens is 312 g/mol. The minimum atomic E-state index is -0.198. The lowest BCUT2D eigenvalue weighted by Gasteiger charge is -2.26. The average molecular weight is 336 g/mol. The first-order valence-corrected chi connectivity index (χ1v) is 8.82. The Hall–Kier alpha value is -2.62. The van der Waals surface area contributed by atoms with Gasteiger partial charge in [0.25, 0.3) is 11.8 Å². The molecule has 1 fully saturated rings. The van der Waals surface area contributed by atoms with Crippen LogP contribution in [0.4, 0.5) is 5.69 Å². The summed E-state index contributed by atoms with van der Waals surface area (Å²) in [5.41, 5.74) is 4.16. The van der Waals surface area contributed by atoms with Crippen molar-refractivity contribution in [1.29, 1.82) is 0 Å². The summed E-state index contributed by atoms with van der Waals surface area (Å²) >= 11 is 0. The number of rotatable bonds is 3. The van der Waals surface area contributed by atoms with E-state index in [4.69, 9.17) is 0 Å². The maximum absolute atomic E-state index is 12.6. The Morgan fingerprint density at radius 1 is 0.880 bits per heavy atom. The zero-order valence-electron chi connectivity index (χ0n) is 14.8. The molecule has 0 atom stereocenters. The van der Waals surface area contributed by atoms with Gasteiger partial charge in [0.05, 0.1) is 0 Å². The number of amides is 2. The van der Waals surface area contributed by atoms with Gasteiger partial charge >= 0.3 is 0 Å². The number of hydrogen-bond donors (Lipinski definition) is 1. The van der Waals surface area contributed by atoms with Crippen LogP contribution in [0.2, 0.25) is 0 Å². The molecule has 1 N–H and O–H groups in total. The van der Waals surface area contributed by atoms with Crippen LogP contribution in [-0.4, -0.2) is 29.8 Å². The van der Waals surface area contributed by atoms with Crippen LogP contribution in [0.5, 0.6) is 0 Å². The molecule has 2 amide bonds. The molecule has 25 heavy (non-hydrogen) atoms. The fraction of sp³-hybridized carbons (Fsp3) is 0.333. The Kier molecular flexibility index (Phi) is 5.17. The van der Waals surface area contributed by atoms with E-state index in [0.29, 0.717) is 11.1 Å². The van der Waals surface area contributed by atoms with Crippen molar-refractivity contribution in [3.8, 4) is 0 Å². The number of aryl methyl sites for hydroxylation is 2. The monoisotopic (exact) mass is 336 g/mol. The number of piperidine rings is 1. The number of likely N-dealkylation sites (tertiary alicyclic amines) is 1. The number of nitrogens with zero attached hydrogens (tertiary/aromatic N) is 1. The minimum absolute atomic E-state index is 0.0144. The lowest BCUT2D eigenvalue weighted by Crippen LogP contribution is -2.35. The fourth-order valence-corrected chi connectivity index (χ4v) is 3.10. The third-order valence-electron chi connectivity index (χ3n) is 4.78. The van der Waals surface area contributed by atoms with E-state index in [1.807, 2.05) is 36.9 Å². The number of anilines is 1. The summed E-state index contributed by atoms with van der Waals surface area (Å²) in [7, 11) is 0. The standard InChI is InChI=1S/C21H24N2O2/c1-15-9-10-19(13-16(15)2)22-20(24)17-7-6-8-18(14-17)21(25)23-11-4-3-5-12-23/h6-10,13-14H,3-5,11-12H2,1-2H3,(H,22,24). The van der Waals surface area contributed by atoms with E-state index in [1.165, 1.54) is 12.0 Å². The summed E-state index contributed by atoms with van der Waals surface area (Å²) in [5.74, 6) is -0.183. The third kappa shape index (κ3) is 4.08. The van der Waals surface area contributed by atoms with E-state index in [2.05, 4.69) is 5.32 Å². The van der Waals surface area contributed by atoms with Crippen molar-refractivity contribution in [3.05, 3.63) is 64.7 Å². The highest BCUT2D eigenvalue weighted by atomic mass is 16.2. The molecule has 130 valence electrons. The smallest absolute Gasteiger partial charge is 0.255 e. The molecule has 1 aliphatic rings. The van der Waals surface area contributed by atoms with Gasteiger partial charge in [-0.15, -0.1) is 0 Å². The highest BCUT2D eigenvalue weighted by Gasteiger charge is 2.19.